The number of aromatic nitrogens is 1. The normalized spacial score (nSPS) is 18.7. The lowest BCUT2D eigenvalue weighted by Crippen LogP contribution is -2.41. The molecule has 0 bridgehead atoms. The van der Waals surface area contributed by atoms with Gasteiger partial charge in [0.15, 0.2) is 9.84 Å². The fourth-order valence-electron chi connectivity index (χ4n) is 2.46. The monoisotopic (exact) mass is 276 g/mol. The molecule has 0 aliphatic carbocycles. The zero-order valence-electron chi connectivity index (χ0n) is 10.8. The average molecular weight is 276 g/mol. The number of anilines is 1. The molecule has 0 saturated carbocycles. The van der Waals surface area contributed by atoms with E-state index in [4.69, 9.17) is 0 Å². The van der Waals surface area contributed by atoms with Crippen molar-refractivity contribution in [3.05, 3.63) is 35.9 Å². The highest BCUT2D eigenvalue weighted by atomic mass is 32.2. The topological polar surface area (TPSA) is 50.3 Å². The zero-order valence-corrected chi connectivity index (χ0v) is 11.7. The fraction of sp³-hybridized carbons (Fsp3) is 0.357. The van der Waals surface area contributed by atoms with Crippen LogP contribution in [-0.4, -0.2) is 38.0 Å². The first kappa shape index (κ1) is 12.4. The summed E-state index contributed by atoms with van der Waals surface area (Å²) in [4.78, 5) is 6.75. The van der Waals surface area contributed by atoms with Crippen LogP contribution in [0.15, 0.2) is 30.3 Å². The number of benzene rings is 1. The molecule has 0 spiro atoms. The van der Waals surface area contributed by atoms with Gasteiger partial charge in [0.1, 0.15) is 5.82 Å². The molecular formula is C14H16N2O2S. The molecular weight excluding hydrogens is 260 g/mol. The van der Waals surface area contributed by atoms with Gasteiger partial charge < -0.3 is 4.90 Å². The number of aryl methyl sites for hydroxylation is 1. The highest BCUT2D eigenvalue weighted by Gasteiger charge is 2.23. The smallest absolute Gasteiger partial charge is 0.153 e. The van der Waals surface area contributed by atoms with Gasteiger partial charge in [0.25, 0.3) is 0 Å². The minimum Gasteiger partial charge on any atom is -0.354 e. The summed E-state index contributed by atoms with van der Waals surface area (Å²) in [6, 6.07) is 10.1. The Hall–Kier alpha value is -1.62. The van der Waals surface area contributed by atoms with Gasteiger partial charge >= 0.3 is 0 Å². The molecule has 2 heterocycles. The quantitative estimate of drug-likeness (QED) is 0.796. The Kier molecular flexibility index (Phi) is 2.93. The van der Waals surface area contributed by atoms with Gasteiger partial charge in [-0.05, 0) is 24.6 Å². The number of pyridine rings is 1. The predicted octanol–water partition coefficient (Wildman–Crippen LogP) is 1.78. The van der Waals surface area contributed by atoms with Gasteiger partial charge in [-0.15, -0.1) is 0 Å². The molecule has 2 aromatic rings. The van der Waals surface area contributed by atoms with E-state index < -0.39 is 9.84 Å². The molecule has 1 fully saturated rings. The first-order chi connectivity index (χ1) is 9.05. The van der Waals surface area contributed by atoms with E-state index in [0.29, 0.717) is 13.1 Å². The standard InChI is InChI=1S/C14H16N2O2S/c1-11-10-12-4-2-3-5-13(12)15-14(11)16-6-8-19(17,18)9-7-16/h2-5,10H,6-9H2,1H3. The summed E-state index contributed by atoms with van der Waals surface area (Å²) in [5, 5.41) is 1.12. The Morgan fingerprint density at radius 3 is 2.58 bits per heavy atom. The largest absolute Gasteiger partial charge is 0.354 e. The van der Waals surface area contributed by atoms with Gasteiger partial charge in [-0.3, -0.25) is 0 Å². The number of para-hydroxylation sites is 1. The van der Waals surface area contributed by atoms with Crippen LogP contribution in [0, 0.1) is 6.92 Å². The third-order valence-electron chi connectivity index (χ3n) is 3.53. The van der Waals surface area contributed by atoms with Gasteiger partial charge in [0, 0.05) is 18.5 Å². The highest BCUT2D eigenvalue weighted by Crippen LogP contribution is 2.24. The van der Waals surface area contributed by atoms with Crippen LogP contribution in [0.2, 0.25) is 0 Å². The Morgan fingerprint density at radius 2 is 1.84 bits per heavy atom. The number of hydrogen-bond acceptors (Lipinski definition) is 4. The minimum atomic E-state index is -2.85. The van der Waals surface area contributed by atoms with Crippen molar-refractivity contribution in [2.45, 2.75) is 6.92 Å². The zero-order chi connectivity index (χ0) is 13.5. The molecule has 0 amide bonds. The molecule has 1 aromatic heterocycles. The number of fused-ring (bicyclic) bond motifs is 1. The van der Waals surface area contributed by atoms with Gasteiger partial charge in [0.2, 0.25) is 0 Å². The molecule has 3 rings (SSSR count). The predicted molar refractivity (Wildman–Crippen MR) is 77.3 cm³/mol. The van der Waals surface area contributed by atoms with Crippen LogP contribution >= 0.6 is 0 Å². The third-order valence-corrected chi connectivity index (χ3v) is 5.14. The lowest BCUT2D eigenvalue weighted by molar-refractivity contribution is 0.586. The van der Waals surface area contributed by atoms with Crippen LogP contribution in [-0.2, 0) is 9.84 Å². The number of sulfone groups is 1. The molecule has 0 unspecified atom stereocenters. The number of hydrogen-bond donors (Lipinski definition) is 0. The molecule has 0 radical (unpaired) electrons. The molecule has 1 aliphatic heterocycles. The first-order valence-corrected chi connectivity index (χ1v) is 8.19. The van der Waals surface area contributed by atoms with Gasteiger partial charge in [0.05, 0.1) is 17.0 Å². The van der Waals surface area contributed by atoms with Crippen molar-refractivity contribution in [3.63, 3.8) is 0 Å². The number of rotatable bonds is 1. The summed E-state index contributed by atoms with van der Waals surface area (Å²) >= 11 is 0. The highest BCUT2D eigenvalue weighted by molar-refractivity contribution is 7.91. The third kappa shape index (κ3) is 2.42. The first-order valence-electron chi connectivity index (χ1n) is 6.37. The van der Waals surface area contributed by atoms with Crippen LogP contribution in [0.3, 0.4) is 0 Å². The van der Waals surface area contributed by atoms with Crippen LogP contribution < -0.4 is 4.90 Å². The van der Waals surface area contributed by atoms with E-state index in [1.54, 1.807) is 0 Å². The Bertz CT molecular complexity index is 711. The van der Waals surface area contributed by atoms with E-state index >= 15 is 0 Å². The van der Waals surface area contributed by atoms with Crippen molar-refractivity contribution in [1.29, 1.82) is 0 Å². The van der Waals surface area contributed by atoms with E-state index in [-0.39, 0.29) is 11.5 Å². The Morgan fingerprint density at radius 1 is 1.16 bits per heavy atom. The Balaban J connectivity index is 1.99. The average Bonchev–Trinajstić information content (AvgIpc) is 2.38. The SMILES string of the molecule is Cc1cc2ccccc2nc1N1CCS(=O)(=O)CC1. The molecule has 4 nitrogen and oxygen atoms in total. The molecule has 1 aromatic carbocycles. The van der Waals surface area contributed by atoms with Gasteiger partial charge in [-0.2, -0.15) is 0 Å². The van der Waals surface area contributed by atoms with Crippen molar-refractivity contribution >= 4 is 26.6 Å². The van der Waals surface area contributed by atoms with Crippen LogP contribution in [0.5, 0.6) is 0 Å². The molecule has 0 N–H and O–H groups in total. The molecule has 0 atom stereocenters. The van der Waals surface area contributed by atoms with Crippen LogP contribution in [0.4, 0.5) is 5.82 Å². The summed E-state index contributed by atoms with van der Waals surface area (Å²) in [6.45, 7) is 3.10. The van der Waals surface area contributed by atoms with Crippen molar-refractivity contribution in [2.24, 2.45) is 0 Å². The van der Waals surface area contributed by atoms with E-state index in [1.807, 2.05) is 31.2 Å². The van der Waals surface area contributed by atoms with Gasteiger partial charge in [-0.25, -0.2) is 13.4 Å². The second-order valence-electron chi connectivity index (χ2n) is 4.96. The maximum absolute atomic E-state index is 11.5. The minimum absolute atomic E-state index is 0.223. The summed E-state index contributed by atoms with van der Waals surface area (Å²) in [5.74, 6) is 1.36. The van der Waals surface area contributed by atoms with Crippen molar-refractivity contribution < 1.29 is 8.42 Å². The van der Waals surface area contributed by atoms with E-state index in [2.05, 4.69) is 16.0 Å². The Labute approximate surface area is 113 Å². The maximum atomic E-state index is 11.5. The van der Waals surface area contributed by atoms with Crippen molar-refractivity contribution in [1.82, 2.24) is 4.98 Å². The summed E-state index contributed by atoms with van der Waals surface area (Å²) in [7, 11) is -2.85. The van der Waals surface area contributed by atoms with Crippen LogP contribution in [0.25, 0.3) is 10.9 Å². The van der Waals surface area contributed by atoms with E-state index in [0.717, 1.165) is 22.3 Å². The fourth-order valence-corrected chi connectivity index (χ4v) is 3.66. The summed E-state index contributed by atoms with van der Waals surface area (Å²) < 4.78 is 23.0. The molecule has 1 saturated heterocycles. The van der Waals surface area contributed by atoms with Gasteiger partial charge in [-0.1, -0.05) is 18.2 Å². The second-order valence-corrected chi connectivity index (χ2v) is 7.26. The van der Waals surface area contributed by atoms with Crippen LogP contribution in [0.1, 0.15) is 5.56 Å². The summed E-state index contributed by atoms with van der Waals surface area (Å²) in [6.07, 6.45) is 0. The number of nitrogens with zero attached hydrogens (tertiary/aromatic N) is 2. The van der Waals surface area contributed by atoms with E-state index in [1.165, 1.54) is 0 Å². The second kappa shape index (κ2) is 4.49. The molecule has 1 aliphatic rings. The van der Waals surface area contributed by atoms with Crippen molar-refractivity contribution in [2.75, 3.05) is 29.5 Å². The molecule has 100 valence electrons. The molecule has 19 heavy (non-hydrogen) atoms. The summed E-state index contributed by atoms with van der Waals surface area (Å²) in [5.41, 5.74) is 2.05. The lowest BCUT2D eigenvalue weighted by atomic mass is 10.1. The molecule has 5 heteroatoms. The maximum Gasteiger partial charge on any atom is 0.153 e. The van der Waals surface area contributed by atoms with E-state index in [9.17, 15) is 8.42 Å². The van der Waals surface area contributed by atoms with Crippen molar-refractivity contribution in [3.8, 4) is 0 Å². The lowest BCUT2D eigenvalue weighted by Gasteiger charge is -2.29.